The van der Waals surface area contributed by atoms with E-state index in [4.69, 9.17) is 14.3 Å². The molecule has 0 saturated carbocycles. The summed E-state index contributed by atoms with van der Waals surface area (Å²) in [7, 11) is 2.72. The molecule has 0 aliphatic carbocycles. The van der Waals surface area contributed by atoms with Gasteiger partial charge in [0.25, 0.3) is 0 Å². The molecule has 1 aliphatic heterocycles. The first-order valence-corrected chi connectivity index (χ1v) is 6.98. The number of carbonyl (C=O) groups excluding carboxylic acids is 1. The Labute approximate surface area is 134 Å². The lowest BCUT2D eigenvalue weighted by atomic mass is 9.85. The van der Waals surface area contributed by atoms with Crippen LogP contribution >= 0.6 is 0 Å². The lowest BCUT2D eigenvalue weighted by Crippen LogP contribution is -2.42. The SMILES string of the molecule is COOOc1cccc2c1[B]OC2C(O)NC(=O)OC(C)(C)C. The molecule has 0 spiro atoms. The van der Waals surface area contributed by atoms with Crippen molar-refractivity contribution in [2.24, 2.45) is 0 Å². The van der Waals surface area contributed by atoms with Crippen molar-refractivity contribution in [3.8, 4) is 5.75 Å². The van der Waals surface area contributed by atoms with Gasteiger partial charge in [-0.25, -0.2) is 4.79 Å². The molecule has 1 radical (unpaired) electrons. The monoisotopic (exact) mass is 324 g/mol. The highest BCUT2D eigenvalue weighted by Crippen LogP contribution is 2.27. The lowest BCUT2D eigenvalue weighted by molar-refractivity contribution is -0.453. The number of carbonyl (C=O) groups is 1. The van der Waals surface area contributed by atoms with Crippen molar-refractivity contribution in [3.63, 3.8) is 0 Å². The van der Waals surface area contributed by atoms with E-state index < -0.39 is 24.0 Å². The fourth-order valence-corrected chi connectivity index (χ4v) is 2.04. The first-order chi connectivity index (χ1) is 10.8. The van der Waals surface area contributed by atoms with Crippen molar-refractivity contribution >= 4 is 19.0 Å². The molecule has 0 saturated heterocycles. The van der Waals surface area contributed by atoms with Crippen LogP contribution in [0.5, 0.6) is 5.75 Å². The summed E-state index contributed by atoms with van der Waals surface area (Å²) in [4.78, 5) is 21.1. The van der Waals surface area contributed by atoms with Crippen LogP contribution in [0.3, 0.4) is 0 Å². The first kappa shape index (κ1) is 17.5. The van der Waals surface area contributed by atoms with Crippen LogP contribution in [0, 0.1) is 0 Å². The summed E-state index contributed by atoms with van der Waals surface area (Å²) in [6, 6.07) is 5.08. The van der Waals surface area contributed by atoms with Crippen LogP contribution in [-0.2, 0) is 19.3 Å². The van der Waals surface area contributed by atoms with Gasteiger partial charge in [-0.1, -0.05) is 12.1 Å². The highest BCUT2D eigenvalue weighted by Gasteiger charge is 2.34. The van der Waals surface area contributed by atoms with E-state index >= 15 is 0 Å². The van der Waals surface area contributed by atoms with E-state index in [-0.39, 0.29) is 0 Å². The third-order valence-electron chi connectivity index (χ3n) is 2.88. The maximum absolute atomic E-state index is 11.7. The smallest absolute Gasteiger partial charge is 0.409 e. The van der Waals surface area contributed by atoms with Crippen molar-refractivity contribution in [1.82, 2.24) is 5.32 Å². The molecule has 1 aromatic rings. The predicted octanol–water partition coefficient (Wildman–Crippen LogP) is 0.717. The number of ether oxygens (including phenoxy) is 1. The molecule has 125 valence electrons. The molecule has 0 bridgehead atoms. The molecule has 0 aromatic heterocycles. The Balaban J connectivity index is 2.06. The number of fused-ring (bicyclic) bond motifs is 1. The molecule has 23 heavy (non-hydrogen) atoms. The average Bonchev–Trinajstić information content (AvgIpc) is 2.87. The van der Waals surface area contributed by atoms with E-state index in [2.05, 4.69) is 15.2 Å². The van der Waals surface area contributed by atoms with Gasteiger partial charge in [0.05, 0.1) is 7.11 Å². The van der Waals surface area contributed by atoms with Gasteiger partial charge in [-0.15, -0.1) is 0 Å². The summed E-state index contributed by atoms with van der Waals surface area (Å²) in [5.74, 6) is 0.358. The van der Waals surface area contributed by atoms with Crippen LogP contribution in [-0.4, -0.2) is 37.6 Å². The van der Waals surface area contributed by atoms with Gasteiger partial charge in [0, 0.05) is 0 Å². The quantitative estimate of drug-likeness (QED) is 0.356. The molecule has 1 aromatic carbocycles. The summed E-state index contributed by atoms with van der Waals surface area (Å²) in [5, 5.41) is 16.9. The zero-order valence-corrected chi connectivity index (χ0v) is 13.4. The number of alkyl carbamates (subject to hydrolysis) is 1. The van der Waals surface area contributed by atoms with Gasteiger partial charge in [0.1, 0.15) is 11.7 Å². The maximum atomic E-state index is 11.7. The molecule has 8 nitrogen and oxygen atoms in total. The van der Waals surface area contributed by atoms with Crippen molar-refractivity contribution in [3.05, 3.63) is 23.8 Å². The first-order valence-electron chi connectivity index (χ1n) is 6.98. The van der Waals surface area contributed by atoms with Gasteiger partial charge < -0.3 is 19.4 Å². The summed E-state index contributed by atoms with van der Waals surface area (Å²) in [6.45, 7) is 5.19. The number of rotatable bonds is 5. The van der Waals surface area contributed by atoms with E-state index in [1.807, 2.05) is 0 Å². The molecule has 9 heteroatoms. The van der Waals surface area contributed by atoms with Crippen LogP contribution < -0.4 is 15.7 Å². The number of amides is 1. The number of aliphatic hydroxyl groups excluding tert-OH is 1. The van der Waals surface area contributed by atoms with Crippen LogP contribution in [0.2, 0.25) is 0 Å². The second-order valence-corrected chi connectivity index (χ2v) is 5.84. The molecule has 1 aliphatic rings. The fourth-order valence-electron chi connectivity index (χ4n) is 2.04. The molecule has 1 heterocycles. The second kappa shape index (κ2) is 7.18. The van der Waals surface area contributed by atoms with Gasteiger partial charge in [-0.05, 0) is 42.9 Å². The van der Waals surface area contributed by atoms with Crippen molar-refractivity contribution in [2.75, 3.05) is 7.11 Å². The number of hydrogen-bond acceptors (Lipinski definition) is 7. The molecule has 2 atom stereocenters. The Hall–Kier alpha value is -1.81. The Morgan fingerprint density at radius 3 is 2.83 bits per heavy atom. The molecular formula is C14H19BNO7. The zero-order valence-electron chi connectivity index (χ0n) is 13.4. The number of hydrogen-bond donors (Lipinski definition) is 2. The van der Waals surface area contributed by atoms with Gasteiger partial charge in [0.2, 0.25) is 0 Å². The number of aliphatic hydroxyl groups is 1. The molecule has 2 N–H and O–H groups in total. The Bertz CT molecular complexity index is 561. The fraction of sp³-hybridized carbons (Fsp3) is 0.500. The minimum atomic E-state index is -1.29. The Morgan fingerprint density at radius 1 is 1.43 bits per heavy atom. The maximum Gasteiger partial charge on any atom is 0.409 e. The van der Waals surface area contributed by atoms with Crippen molar-refractivity contribution in [2.45, 2.75) is 38.7 Å². The Kier molecular flexibility index (Phi) is 5.48. The number of nitrogens with one attached hydrogen (secondary N) is 1. The summed E-state index contributed by atoms with van der Waals surface area (Å²) < 4.78 is 10.5. The number of benzene rings is 1. The van der Waals surface area contributed by atoms with Crippen molar-refractivity contribution < 1.29 is 34.1 Å². The van der Waals surface area contributed by atoms with E-state index in [0.29, 0.717) is 16.8 Å². The molecule has 1 amide bonds. The van der Waals surface area contributed by atoms with E-state index in [9.17, 15) is 9.90 Å². The second-order valence-electron chi connectivity index (χ2n) is 5.84. The normalized spacial score (nSPS) is 17.9. The van der Waals surface area contributed by atoms with E-state index in [1.54, 1.807) is 39.0 Å². The highest BCUT2D eigenvalue weighted by molar-refractivity contribution is 6.50. The lowest BCUT2D eigenvalue weighted by Gasteiger charge is -2.24. The zero-order chi connectivity index (χ0) is 17.0. The van der Waals surface area contributed by atoms with Gasteiger partial charge >= 0.3 is 13.6 Å². The molecule has 0 fully saturated rings. The van der Waals surface area contributed by atoms with E-state index in [0.717, 1.165) is 0 Å². The minimum Gasteiger partial charge on any atom is -0.444 e. The highest BCUT2D eigenvalue weighted by atomic mass is 17.5. The standard InChI is InChI=1S/C14H19BNO7/c1-14(2,3)20-13(18)16-12(17)11-8-6-5-7-9(22-23-19-4)10(8)15-21-11/h5-7,11-12,17H,1-4H3,(H,16,18). The topological polar surface area (TPSA) is 95.5 Å². The van der Waals surface area contributed by atoms with Crippen LogP contribution in [0.15, 0.2) is 18.2 Å². The van der Waals surface area contributed by atoms with Crippen LogP contribution in [0.4, 0.5) is 4.79 Å². The van der Waals surface area contributed by atoms with Crippen LogP contribution in [0.25, 0.3) is 0 Å². The van der Waals surface area contributed by atoms with Gasteiger partial charge in [-0.3, -0.25) is 5.32 Å². The van der Waals surface area contributed by atoms with Crippen molar-refractivity contribution in [1.29, 1.82) is 0 Å². The van der Waals surface area contributed by atoms with Gasteiger partial charge in [-0.2, -0.15) is 4.89 Å². The summed E-state index contributed by atoms with van der Waals surface area (Å²) in [6.07, 6.45) is -2.82. The third kappa shape index (κ3) is 4.58. The summed E-state index contributed by atoms with van der Waals surface area (Å²) >= 11 is 0. The molecular weight excluding hydrogens is 305 g/mol. The van der Waals surface area contributed by atoms with E-state index in [1.165, 1.54) is 14.6 Å². The molecule has 2 unspecified atom stereocenters. The average molecular weight is 324 g/mol. The summed E-state index contributed by atoms with van der Waals surface area (Å²) in [5.41, 5.74) is 0.549. The Morgan fingerprint density at radius 2 is 2.17 bits per heavy atom. The largest absolute Gasteiger partial charge is 0.444 e. The molecule has 2 rings (SSSR count). The third-order valence-corrected chi connectivity index (χ3v) is 2.88. The predicted molar refractivity (Wildman–Crippen MR) is 79.8 cm³/mol. The van der Waals surface area contributed by atoms with Gasteiger partial charge in [0.15, 0.2) is 12.0 Å². The van der Waals surface area contributed by atoms with Crippen LogP contribution in [0.1, 0.15) is 32.4 Å². The minimum absolute atomic E-state index is 0.358.